The molecule has 1 aromatic carbocycles. The van der Waals surface area contributed by atoms with Gasteiger partial charge in [0.05, 0.1) is 29.6 Å². The molecule has 1 N–H and O–H groups in total. The van der Waals surface area contributed by atoms with Crippen LogP contribution in [0.25, 0.3) is 11.4 Å². The summed E-state index contributed by atoms with van der Waals surface area (Å²) >= 11 is 1.23. The summed E-state index contributed by atoms with van der Waals surface area (Å²) in [5.74, 6) is 1.28. The molecule has 10 nitrogen and oxygen atoms in total. The largest absolute Gasteiger partial charge is 0.490 e. The van der Waals surface area contributed by atoms with E-state index in [1.54, 1.807) is 17.8 Å². The van der Waals surface area contributed by atoms with Crippen LogP contribution in [0.1, 0.15) is 11.3 Å². The van der Waals surface area contributed by atoms with Crippen molar-refractivity contribution in [1.82, 2.24) is 14.8 Å². The van der Waals surface area contributed by atoms with Gasteiger partial charge in [-0.15, -0.1) is 10.2 Å². The molecule has 152 valence electrons. The van der Waals surface area contributed by atoms with Crippen LogP contribution in [0.2, 0.25) is 0 Å². The minimum absolute atomic E-state index is 0.0805. The zero-order valence-electron chi connectivity index (χ0n) is 16.3. The van der Waals surface area contributed by atoms with Crippen molar-refractivity contribution in [3.63, 3.8) is 0 Å². The van der Waals surface area contributed by atoms with Crippen molar-refractivity contribution < 1.29 is 18.9 Å². The topological polar surface area (TPSA) is 125 Å². The third-order valence-corrected chi connectivity index (χ3v) is 5.28. The van der Waals surface area contributed by atoms with Crippen molar-refractivity contribution in [2.45, 2.75) is 19.0 Å². The van der Waals surface area contributed by atoms with E-state index < -0.39 is 4.92 Å². The molecule has 3 rings (SSSR count). The number of nitro benzene ring substituents is 1. The fourth-order valence-corrected chi connectivity index (χ4v) is 3.43. The number of thioether (sulfide) groups is 1. The van der Waals surface area contributed by atoms with Crippen molar-refractivity contribution >= 4 is 29.0 Å². The maximum atomic E-state index is 12.4. The molecule has 0 aliphatic rings. The predicted octanol–water partition coefficient (Wildman–Crippen LogP) is 3.34. The predicted molar refractivity (Wildman–Crippen MR) is 107 cm³/mol. The van der Waals surface area contributed by atoms with Gasteiger partial charge in [0.1, 0.15) is 5.76 Å². The van der Waals surface area contributed by atoms with Gasteiger partial charge in [-0.2, -0.15) is 0 Å². The Morgan fingerprint density at radius 2 is 2.14 bits per heavy atom. The first-order chi connectivity index (χ1) is 13.8. The number of hydrogen-bond acceptors (Lipinski definition) is 8. The molecule has 0 aliphatic carbocycles. The maximum absolute atomic E-state index is 12.4. The van der Waals surface area contributed by atoms with Crippen molar-refractivity contribution in [3.05, 3.63) is 45.9 Å². The highest BCUT2D eigenvalue weighted by Crippen LogP contribution is 2.33. The number of nitrogens with zero attached hydrogens (tertiary/aromatic N) is 4. The van der Waals surface area contributed by atoms with Gasteiger partial charge in [-0.1, -0.05) is 11.8 Å². The molecule has 1 amide bonds. The summed E-state index contributed by atoms with van der Waals surface area (Å²) in [7, 11) is 3.15. The van der Waals surface area contributed by atoms with Crippen molar-refractivity contribution in [1.29, 1.82) is 0 Å². The third-order valence-electron chi connectivity index (χ3n) is 4.26. The molecule has 2 heterocycles. The van der Waals surface area contributed by atoms with E-state index in [0.29, 0.717) is 22.2 Å². The number of nitro groups is 1. The Kier molecular flexibility index (Phi) is 5.87. The molecule has 29 heavy (non-hydrogen) atoms. The maximum Gasteiger partial charge on any atom is 0.311 e. The zero-order valence-corrected chi connectivity index (χ0v) is 17.1. The van der Waals surface area contributed by atoms with E-state index in [0.717, 1.165) is 11.3 Å². The van der Waals surface area contributed by atoms with Gasteiger partial charge in [-0.25, -0.2) is 0 Å². The molecule has 3 aromatic rings. The molecule has 0 aliphatic heterocycles. The lowest BCUT2D eigenvalue weighted by molar-refractivity contribution is -0.385. The van der Waals surface area contributed by atoms with Crippen molar-refractivity contribution in [2.75, 3.05) is 18.2 Å². The summed E-state index contributed by atoms with van der Waals surface area (Å²) in [6.45, 7) is 3.52. The van der Waals surface area contributed by atoms with E-state index in [9.17, 15) is 14.9 Å². The molecule has 0 radical (unpaired) electrons. The third kappa shape index (κ3) is 4.24. The Morgan fingerprint density at radius 1 is 1.38 bits per heavy atom. The second-order valence-electron chi connectivity index (χ2n) is 6.19. The zero-order chi connectivity index (χ0) is 21.1. The highest BCUT2D eigenvalue weighted by atomic mass is 32.2. The molecule has 0 unspecified atom stereocenters. The summed E-state index contributed by atoms with van der Waals surface area (Å²) in [6, 6.07) is 4.62. The Morgan fingerprint density at radius 3 is 2.76 bits per heavy atom. The molecule has 2 aromatic heterocycles. The SMILES string of the molecule is COc1cc(NC(=O)CSc2nnc(-c3ccoc3C)n2C)c(C)cc1[N+](=O)[O-]. The number of rotatable bonds is 7. The van der Waals surface area contributed by atoms with Gasteiger partial charge in [0.15, 0.2) is 16.7 Å². The molecular weight excluding hydrogens is 398 g/mol. The molecule has 0 saturated heterocycles. The Hall–Kier alpha value is -3.34. The monoisotopic (exact) mass is 417 g/mol. The van der Waals surface area contributed by atoms with Crippen LogP contribution in [-0.2, 0) is 11.8 Å². The van der Waals surface area contributed by atoms with Crippen LogP contribution in [-0.4, -0.2) is 38.5 Å². The Balaban J connectivity index is 1.69. The fraction of sp³-hybridized carbons (Fsp3) is 0.278. The lowest BCUT2D eigenvalue weighted by Crippen LogP contribution is -2.15. The summed E-state index contributed by atoms with van der Waals surface area (Å²) in [4.78, 5) is 22.9. The van der Waals surface area contributed by atoms with Gasteiger partial charge in [0.25, 0.3) is 0 Å². The molecule has 0 fully saturated rings. The quantitative estimate of drug-likeness (QED) is 0.352. The van der Waals surface area contributed by atoms with Crippen molar-refractivity contribution in [2.24, 2.45) is 7.05 Å². The van der Waals surface area contributed by atoms with Gasteiger partial charge < -0.3 is 19.0 Å². The second kappa shape index (κ2) is 8.35. The number of aromatic nitrogens is 3. The van der Waals surface area contributed by atoms with Crippen LogP contribution in [0, 0.1) is 24.0 Å². The smallest absolute Gasteiger partial charge is 0.311 e. The number of aryl methyl sites for hydroxylation is 2. The molecule has 11 heteroatoms. The van der Waals surface area contributed by atoms with E-state index in [-0.39, 0.29) is 23.1 Å². The lowest BCUT2D eigenvalue weighted by atomic mass is 10.1. The number of benzene rings is 1. The first kappa shape index (κ1) is 20.4. The van der Waals surface area contributed by atoms with E-state index in [2.05, 4.69) is 15.5 Å². The van der Waals surface area contributed by atoms with Crippen LogP contribution < -0.4 is 10.1 Å². The lowest BCUT2D eigenvalue weighted by Gasteiger charge is -2.10. The molecular formula is C18H19N5O5S. The molecule has 0 atom stereocenters. The fourth-order valence-electron chi connectivity index (χ4n) is 2.72. The minimum Gasteiger partial charge on any atom is -0.490 e. The number of carbonyl (C=O) groups excluding carboxylic acids is 1. The van der Waals surface area contributed by atoms with Crippen LogP contribution in [0.15, 0.2) is 34.0 Å². The van der Waals surface area contributed by atoms with E-state index >= 15 is 0 Å². The Labute approximate surface area is 170 Å². The second-order valence-corrected chi connectivity index (χ2v) is 7.13. The van der Waals surface area contributed by atoms with Gasteiger partial charge in [-0.05, 0) is 25.5 Å². The van der Waals surface area contributed by atoms with Crippen LogP contribution in [0.4, 0.5) is 11.4 Å². The highest BCUT2D eigenvalue weighted by Gasteiger charge is 2.19. The number of carbonyl (C=O) groups is 1. The summed E-state index contributed by atoms with van der Waals surface area (Å²) in [6.07, 6.45) is 1.58. The van der Waals surface area contributed by atoms with Crippen LogP contribution in [0.3, 0.4) is 0 Å². The van der Waals surface area contributed by atoms with Crippen LogP contribution in [0.5, 0.6) is 5.75 Å². The number of methoxy groups -OCH3 is 1. The normalized spacial score (nSPS) is 10.8. The minimum atomic E-state index is -0.527. The first-order valence-electron chi connectivity index (χ1n) is 8.51. The van der Waals surface area contributed by atoms with Gasteiger partial charge in [0, 0.05) is 24.9 Å². The number of hydrogen-bond donors (Lipinski definition) is 1. The van der Waals surface area contributed by atoms with Gasteiger partial charge >= 0.3 is 5.69 Å². The van der Waals surface area contributed by atoms with E-state index in [4.69, 9.17) is 9.15 Å². The summed E-state index contributed by atoms with van der Waals surface area (Å²) < 4.78 is 12.1. The number of amides is 1. The summed E-state index contributed by atoms with van der Waals surface area (Å²) in [5.41, 5.74) is 1.70. The van der Waals surface area contributed by atoms with Crippen LogP contribution >= 0.6 is 11.8 Å². The molecule has 0 saturated carbocycles. The van der Waals surface area contributed by atoms with E-state index in [1.807, 2.05) is 20.0 Å². The van der Waals surface area contributed by atoms with Gasteiger partial charge in [0.2, 0.25) is 5.91 Å². The number of anilines is 1. The number of furan rings is 1. The number of nitrogens with one attached hydrogen (secondary N) is 1. The first-order valence-corrected chi connectivity index (χ1v) is 9.50. The van der Waals surface area contributed by atoms with Crippen molar-refractivity contribution in [3.8, 4) is 17.1 Å². The summed E-state index contributed by atoms with van der Waals surface area (Å²) in [5, 5.41) is 22.7. The average molecular weight is 417 g/mol. The molecule has 0 spiro atoms. The average Bonchev–Trinajstić information content (AvgIpc) is 3.26. The standard InChI is InChI=1S/C18H19N5O5S/c1-10-7-14(23(25)26)15(27-4)8-13(10)19-16(24)9-29-18-21-20-17(22(18)3)12-5-6-28-11(12)2/h5-8H,9H2,1-4H3,(H,19,24). The number of ether oxygens (including phenoxy) is 1. The highest BCUT2D eigenvalue weighted by molar-refractivity contribution is 7.99. The van der Waals surface area contributed by atoms with E-state index in [1.165, 1.54) is 31.0 Å². The Bertz CT molecular complexity index is 1070. The molecule has 0 bridgehead atoms. The van der Waals surface area contributed by atoms with Gasteiger partial charge in [-0.3, -0.25) is 14.9 Å².